The van der Waals surface area contributed by atoms with Gasteiger partial charge in [0.1, 0.15) is 0 Å². The Morgan fingerprint density at radius 1 is 1.00 bits per heavy atom. The monoisotopic (exact) mass is 212 g/mol. The Labute approximate surface area is 95.6 Å². The van der Waals surface area contributed by atoms with E-state index >= 15 is 0 Å². The van der Waals surface area contributed by atoms with Crippen molar-refractivity contribution in [3.05, 3.63) is 0 Å². The minimum Gasteiger partial charge on any atom is -0.298 e. The smallest absolute Gasteiger partial charge is 0.0198 e. The van der Waals surface area contributed by atoms with E-state index in [0.29, 0.717) is 18.1 Å². The highest BCUT2D eigenvalue weighted by Crippen LogP contribution is 2.18. The van der Waals surface area contributed by atoms with Gasteiger partial charge in [0, 0.05) is 37.8 Å². The molecule has 1 aliphatic heterocycles. The van der Waals surface area contributed by atoms with Crippen molar-refractivity contribution in [2.24, 2.45) is 5.92 Å². The van der Waals surface area contributed by atoms with Crippen molar-refractivity contribution in [2.75, 3.05) is 19.6 Å². The molecule has 90 valence electrons. The molecule has 0 aromatic rings. The molecule has 0 amide bonds. The second kappa shape index (κ2) is 5.31. The average Bonchev–Trinajstić information content (AvgIpc) is 2.10. The zero-order chi connectivity index (χ0) is 11.6. The number of nitrogens with zero attached hydrogens (tertiary/aromatic N) is 2. The van der Waals surface area contributed by atoms with Crippen LogP contribution in [0.2, 0.25) is 0 Å². The molecule has 0 saturated carbocycles. The van der Waals surface area contributed by atoms with Crippen molar-refractivity contribution >= 4 is 0 Å². The van der Waals surface area contributed by atoms with Crippen molar-refractivity contribution in [3.63, 3.8) is 0 Å². The highest BCUT2D eigenvalue weighted by molar-refractivity contribution is 4.86. The van der Waals surface area contributed by atoms with E-state index in [9.17, 15) is 0 Å². The summed E-state index contributed by atoms with van der Waals surface area (Å²) >= 11 is 0. The zero-order valence-electron chi connectivity index (χ0n) is 11.3. The molecule has 1 rings (SSSR count). The number of hydrogen-bond acceptors (Lipinski definition) is 2. The third-order valence-electron chi connectivity index (χ3n) is 3.44. The molecule has 1 fully saturated rings. The maximum atomic E-state index is 2.67. The predicted molar refractivity (Wildman–Crippen MR) is 67.2 cm³/mol. The van der Waals surface area contributed by atoms with E-state index in [1.807, 2.05) is 0 Å². The van der Waals surface area contributed by atoms with Crippen LogP contribution >= 0.6 is 0 Å². The summed E-state index contributed by atoms with van der Waals surface area (Å²) in [6.45, 7) is 17.7. The number of rotatable bonds is 3. The Kier molecular flexibility index (Phi) is 4.60. The lowest BCUT2D eigenvalue weighted by molar-refractivity contribution is 0.0168. The Bertz CT molecular complexity index is 177. The summed E-state index contributed by atoms with van der Waals surface area (Å²) in [6, 6.07) is 2.10. The minimum atomic E-state index is 0.691. The third-order valence-corrected chi connectivity index (χ3v) is 3.44. The molecule has 1 aliphatic rings. The largest absolute Gasteiger partial charge is 0.298 e. The molecule has 1 saturated heterocycles. The van der Waals surface area contributed by atoms with Gasteiger partial charge in [-0.3, -0.25) is 9.80 Å². The quantitative estimate of drug-likeness (QED) is 0.709. The van der Waals surface area contributed by atoms with Crippen LogP contribution in [0.4, 0.5) is 0 Å². The predicted octanol–water partition coefficient (Wildman–Crippen LogP) is 2.45. The average molecular weight is 212 g/mol. The van der Waals surface area contributed by atoms with Gasteiger partial charge in [0.05, 0.1) is 0 Å². The molecule has 1 heterocycles. The molecule has 0 aromatic carbocycles. The van der Waals surface area contributed by atoms with Crippen LogP contribution in [0.5, 0.6) is 0 Å². The zero-order valence-corrected chi connectivity index (χ0v) is 11.3. The summed E-state index contributed by atoms with van der Waals surface area (Å²) in [4.78, 5) is 5.27. The summed E-state index contributed by atoms with van der Waals surface area (Å²) in [6.07, 6.45) is 0. The van der Waals surface area contributed by atoms with E-state index in [1.54, 1.807) is 0 Å². The van der Waals surface area contributed by atoms with Crippen molar-refractivity contribution in [1.29, 1.82) is 0 Å². The van der Waals surface area contributed by atoms with E-state index in [1.165, 1.54) is 19.6 Å². The summed E-state index contributed by atoms with van der Waals surface area (Å²) in [7, 11) is 0. The van der Waals surface area contributed by atoms with E-state index in [-0.39, 0.29) is 0 Å². The van der Waals surface area contributed by atoms with Gasteiger partial charge < -0.3 is 0 Å². The Hall–Kier alpha value is -0.0800. The molecule has 0 N–H and O–H groups in total. The second-order valence-corrected chi connectivity index (χ2v) is 5.84. The first-order valence-corrected chi connectivity index (χ1v) is 6.41. The molecule has 2 heteroatoms. The van der Waals surface area contributed by atoms with E-state index < -0.39 is 0 Å². The Morgan fingerprint density at radius 2 is 1.47 bits per heavy atom. The first-order chi connectivity index (χ1) is 6.91. The molecular formula is C13H28N2. The summed E-state index contributed by atoms with van der Waals surface area (Å²) in [5.74, 6) is 0.778. The summed E-state index contributed by atoms with van der Waals surface area (Å²) in [5.41, 5.74) is 0. The van der Waals surface area contributed by atoms with Crippen LogP contribution < -0.4 is 0 Å². The van der Waals surface area contributed by atoms with Crippen LogP contribution in [0, 0.1) is 5.92 Å². The Balaban J connectivity index is 2.56. The van der Waals surface area contributed by atoms with Gasteiger partial charge in [-0.25, -0.2) is 0 Å². The van der Waals surface area contributed by atoms with Crippen LogP contribution in [0.1, 0.15) is 41.5 Å². The molecule has 0 bridgehead atoms. The van der Waals surface area contributed by atoms with Crippen LogP contribution in [-0.2, 0) is 0 Å². The first kappa shape index (κ1) is 13.0. The summed E-state index contributed by atoms with van der Waals surface area (Å²) in [5, 5.41) is 0. The third kappa shape index (κ3) is 3.46. The highest BCUT2D eigenvalue weighted by Gasteiger charge is 2.30. The van der Waals surface area contributed by atoms with Gasteiger partial charge in [0.2, 0.25) is 0 Å². The lowest BCUT2D eigenvalue weighted by atomic mass is 10.0. The standard InChI is InChI=1S/C13H28N2/c1-10(2)7-15-12(5)8-14(11(3)4)9-13(15)6/h10-13H,7-9H2,1-6H3. The molecular weight excluding hydrogens is 184 g/mol. The molecule has 2 atom stereocenters. The fourth-order valence-electron chi connectivity index (χ4n) is 2.60. The molecule has 2 nitrogen and oxygen atoms in total. The van der Waals surface area contributed by atoms with Crippen molar-refractivity contribution in [1.82, 2.24) is 9.80 Å². The number of hydrogen-bond donors (Lipinski definition) is 0. The lowest BCUT2D eigenvalue weighted by Gasteiger charge is -2.46. The summed E-state index contributed by atoms with van der Waals surface area (Å²) < 4.78 is 0. The van der Waals surface area contributed by atoms with Crippen LogP contribution in [-0.4, -0.2) is 47.6 Å². The van der Waals surface area contributed by atoms with Crippen LogP contribution in [0.25, 0.3) is 0 Å². The second-order valence-electron chi connectivity index (χ2n) is 5.84. The van der Waals surface area contributed by atoms with Gasteiger partial charge in [-0.2, -0.15) is 0 Å². The van der Waals surface area contributed by atoms with E-state index in [2.05, 4.69) is 51.3 Å². The lowest BCUT2D eigenvalue weighted by Crippen LogP contribution is -2.58. The normalized spacial score (nSPS) is 30.4. The van der Waals surface area contributed by atoms with Crippen molar-refractivity contribution in [3.8, 4) is 0 Å². The van der Waals surface area contributed by atoms with Crippen LogP contribution in [0.15, 0.2) is 0 Å². The molecule has 0 radical (unpaired) electrons. The van der Waals surface area contributed by atoms with Gasteiger partial charge >= 0.3 is 0 Å². The molecule has 0 aromatic heterocycles. The van der Waals surface area contributed by atoms with Gasteiger partial charge in [0.25, 0.3) is 0 Å². The van der Waals surface area contributed by atoms with Gasteiger partial charge in [0.15, 0.2) is 0 Å². The van der Waals surface area contributed by atoms with Crippen molar-refractivity contribution < 1.29 is 0 Å². The van der Waals surface area contributed by atoms with Crippen LogP contribution in [0.3, 0.4) is 0 Å². The van der Waals surface area contributed by atoms with Gasteiger partial charge in [-0.05, 0) is 33.6 Å². The minimum absolute atomic E-state index is 0.691. The van der Waals surface area contributed by atoms with E-state index in [0.717, 1.165) is 5.92 Å². The highest BCUT2D eigenvalue weighted by atomic mass is 15.3. The molecule has 2 unspecified atom stereocenters. The van der Waals surface area contributed by atoms with E-state index in [4.69, 9.17) is 0 Å². The molecule has 15 heavy (non-hydrogen) atoms. The maximum absolute atomic E-state index is 2.67. The topological polar surface area (TPSA) is 6.48 Å². The fourth-order valence-corrected chi connectivity index (χ4v) is 2.60. The SMILES string of the molecule is CC(C)CN1C(C)CN(C(C)C)CC1C. The Morgan fingerprint density at radius 3 is 1.80 bits per heavy atom. The maximum Gasteiger partial charge on any atom is 0.0198 e. The molecule has 0 aliphatic carbocycles. The fraction of sp³-hybridized carbons (Fsp3) is 1.00. The van der Waals surface area contributed by atoms with Gasteiger partial charge in [-0.1, -0.05) is 13.8 Å². The number of piperazine rings is 1. The van der Waals surface area contributed by atoms with Gasteiger partial charge in [-0.15, -0.1) is 0 Å². The first-order valence-electron chi connectivity index (χ1n) is 6.41. The van der Waals surface area contributed by atoms with Crippen molar-refractivity contribution in [2.45, 2.75) is 59.7 Å². The molecule has 0 spiro atoms.